The molecule has 0 radical (unpaired) electrons. The van der Waals surface area contributed by atoms with Crippen LogP contribution in [0.4, 0.5) is 0 Å². The Morgan fingerprint density at radius 1 is 1.00 bits per heavy atom. The van der Waals surface area contributed by atoms with Crippen molar-refractivity contribution in [2.45, 2.75) is 53.4 Å². The number of rotatable bonds is 9. The molecule has 2 atom stereocenters. The number of methoxy groups -OCH3 is 1. The summed E-state index contributed by atoms with van der Waals surface area (Å²) >= 11 is 0. The Morgan fingerprint density at radius 2 is 1.68 bits per heavy atom. The molecule has 4 rings (SSSR count). The maximum Gasteiger partial charge on any atom is 0.333 e. The molecule has 0 aliphatic carbocycles. The van der Waals surface area contributed by atoms with E-state index in [1.807, 2.05) is 76.2 Å². The zero-order chi connectivity index (χ0) is 27.4. The topological polar surface area (TPSA) is 94.7 Å². The van der Waals surface area contributed by atoms with Crippen molar-refractivity contribution < 1.29 is 23.9 Å². The number of aliphatic carboxylic acids is 1. The first-order chi connectivity index (χ1) is 18.1. The molecule has 198 valence electrons. The van der Waals surface area contributed by atoms with Crippen LogP contribution in [0, 0.1) is 12.3 Å². The Morgan fingerprint density at radius 3 is 2.32 bits per heavy atom. The zero-order valence-electron chi connectivity index (χ0n) is 22.7. The van der Waals surface area contributed by atoms with E-state index in [0.717, 1.165) is 33.4 Å². The van der Waals surface area contributed by atoms with Crippen LogP contribution in [0.5, 0.6) is 0 Å². The van der Waals surface area contributed by atoms with Crippen molar-refractivity contribution in [2.24, 2.45) is 5.41 Å². The summed E-state index contributed by atoms with van der Waals surface area (Å²) < 4.78 is 17.0. The van der Waals surface area contributed by atoms with Gasteiger partial charge < -0.3 is 19.1 Å². The fourth-order valence-corrected chi connectivity index (χ4v) is 4.36. The molecule has 1 aromatic heterocycles. The molecule has 0 fully saturated rings. The molecule has 0 amide bonds. The van der Waals surface area contributed by atoms with Gasteiger partial charge in [-0.15, -0.1) is 0 Å². The van der Waals surface area contributed by atoms with Crippen molar-refractivity contribution in [1.29, 1.82) is 0 Å². The van der Waals surface area contributed by atoms with Crippen molar-refractivity contribution in [3.63, 3.8) is 0 Å². The van der Waals surface area contributed by atoms with Crippen LogP contribution in [0.3, 0.4) is 0 Å². The number of nitrogens with zero attached hydrogens (tertiary/aromatic N) is 2. The molecule has 0 bridgehead atoms. The number of benzene rings is 3. The number of aryl methyl sites for hydroxylation is 1. The average molecular weight is 515 g/mol. The van der Waals surface area contributed by atoms with Gasteiger partial charge in [0.15, 0.2) is 6.10 Å². The first-order valence-electron chi connectivity index (χ1n) is 12.6. The number of hydrogen-bond donors (Lipinski definition) is 1. The summed E-state index contributed by atoms with van der Waals surface area (Å²) in [5.41, 5.74) is 6.45. The summed E-state index contributed by atoms with van der Waals surface area (Å²) in [6.45, 7) is 9.85. The Kier molecular flexibility index (Phi) is 8.09. The van der Waals surface area contributed by atoms with Crippen molar-refractivity contribution in [3.05, 3.63) is 83.4 Å². The van der Waals surface area contributed by atoms with Gasteiger partial charge in [0.05, 0.1) is 12.7 Å². The van der Waals surface area contributed by atoms with Gasteiger partial charge in [-0.2, -0.15) is 4.98 Å². The molecule has 7 heteroatoms. The molecular formula is C31H34N2O5. The summed E-state index contributed by atoms with van der Waals surface area (Å²) in [5, 5.41) is 13.6. The van der Waals surface area contributed by atoms with Gasteiger partial charge in [-0.3, -0.25) is 0 Å². The second kappa shape index (κ2) is 11.3. The molecule has 0 saturated heterocycles. The van der Waals surface area contributed by atoms with Gasteiger partial charge in [-0.1, -0.05) is 80.5 Å². The van der Waals surface area contributed by atoms with Crippen LogP contribution in [-0.4, -0.2) is 34.4 Å². The third-order valence-corrected chi connectivity index (χ3v) is 6.59. The minimum atomic E-state index is -0.969. The van der Waals surface area contributed by atoms with Crippen LogP contribution in [0.2, 0.25) is 0 Å². The third kappa shape index (κ3) is 6.01. The van der Waals surface area contributed by atoms with Crippen molar-refractivity contribution >= 4 is 5.97 Å². The number of ether oxygens (including phenoxy) is 2. The van der Waals surface area contributed by atoms with Crippen LogP contribution in [-0.2, 0) is 20.9 Å². The molecule has 0 aliphatic heterocycles. The van der Waals surface area contributed by atoms with Crippen LogP contribution in [0.15, 0.2) is 71.3 Å². The highest BCUT2D eigenvalue weighted by molar-refractivity contribution is 5.75. The van der Waals surface area contributed by atoms with E-state index in [1.54, 1.807) is 7.11 Å². The SMILES string of the molecule is COC(C)c1cc(-c2nc(-c3ccc(COC(C(=O)O)C(C)(C)C)cc3)no2)ccc1-c1ccccc1C. The lowest BCUT2D eigenvalue weighted by molar-refractivity contribution is -0.159. The molecule has 1 heterocycles. The molecule has 0 aliphatic rings. The standard InChI is InChI=1S/C31H34N2O5/c1-19-9-7-8-10-24(19)25-16-15-23(17-26(25)20(2)36-6)29-32-28(33-38-29)22-13-11-21(12-14-22)18-37-27(30(34)35)31(3,4)5/h7-17,20,27H,18H2,1-6H3,(H,34,35). The van der Waals surface area contributed by atoms with Crippen molar-refractivity contribution in [2.75, 3.05) is 7.11 Å². The van der Waals surface area contributed by atoms with E-state index in [0.29, 0.717) is 11.7 Å². The zero-order valence-corrected chi connectivity index (χ0v) is 22.7. The quantitative estimate of drug-likeness (QED) is 0.254. The minimum Gasteiger partial charge on any atom is -0.479 e. The van der Waals surface area contributed by atoms with Crippen LogP contribution in [0.25, 0.3) is 34.0 Å². The monoisotopic (exact) mass is 514 g/mol. The molecule has 7 nitrogen and oxygen atoms in total. The maximum atomic E-state index is 11.5. The number of aromatic nitrogens is 2. The smallest absolute Gasteiger partial charge is 0.333 e. The van der Waals surface area contributed by atoms with E-state index in [4.69, 9.17) is 14.0 Å². The first kappa shape index (κ1) is 27.2. The number of carboxylic acids is 1. The van der Waals surface area contributed by atoms with Gasteiger partial charge in [0.2, 0.25) is 5.82 Å². The minimum absolute atomic E-state index is 0.124. The summed E-state index contributed by atoms with van der Waals surface area (Å²) in [4.78, 5) is 16.2. The molecule has 3 aromatic carbocycles. The summed E-state index contributed by atoms with van der Waals surface area (Å²) in [7, 11) is 1.70. The van der Waals surface area contributed by atoms with Crippen LogP contribution in [0.1, 0.15) is 50.5 Å². The predicted octanol–water partition coefficient (Wildman–Crippen LogP) is 7.10. The molecular weight excluding hydrogens is 480 g/mol. The van der Waals surface area contributed by atoms with Crippen LogP contribution < -0.4 is 0 Å². The van der Waals surface area contributed by atoms with E-state index >= 15 is 0 Å². The second-order valence-electron chi connectivity index (χ2n) is 10.5. The Balaban J connectivity index is 1.55. The van der Waals surface area contributed by atoms with E-state index in [2.05, 4.69) is 35.3 Å². The van der Waals surface area contributed by atoms with E-state index in [9.17, 15) is 9.90 Å². The second-order valence-corrected chi connectivity index (χ2v) is 10.5. The number of hydrogen-bond acceptors (Lipinski definition) is 6. The van der Waals surface area contributed by atoms with Gasteiger partial charge in [0.1, 0.15) is 0 Å². The molecule has 4 aromatic rings. The molecule has 0 spiro atoms. The van der Waals surface area contributed by atoms with Gasteiger partial charge in [0, 0.05) is 18.2 Å². The van der Waals surface area contributed by atoms with Crippen molar-refractivity contribution in [3.8, 4) is 34.0 Å². The lowest BCUT2D eigenvalue weighted by Crippen LogP contribution is -2.36. The summed E-state index contributed by atoms with van der Waals surface area (Å²) in [5.74, 6) is -0.0823. The molecule has 2 unspecified atom stereocenters. The molecule has 1 N–H and O–H groups in total. The number of carboxylic acid groups (broad SMARTS) is 1. The fraction of sp³-hybridized carbons (Fsp3) is 0.323. The average Bonchev–Trinajstić information content (AvgIpc) is 3.38. The predicted molar refractivity (Wildman–Crippen MR) is 146 cm³/mol. The highest BCUT2D eigenvalue weighted by Crippen LogP contribution is 2.35. The van der Waals surface area contributed by atoms with Crippen LogP contribution >= 0.6 is 0 Å². The van der Waals surface area contributed by atoms with E-state index in [-0.39, 0.29) is 12.7 Å². The van der Waals surface area contributed by atoms with Gasteiger partial charge in [0.25, 0.3) is 5.89 Å². The normalized spacial score (nSPS) is 13.3. The maximum absolute atomic E-state index is 11.5. The Labute approximate surface area is 223 Å². The first-order valence-corrected chi connectivity index (χ1v) is 12.6. The fourth-order valence-electron chi connectivity index (χ4n) is 4.36. The highest BCUT2D eigenvalue weighted by Gasteiger charge is 2.32. The lowest BCUT2D eigenvalue weighted by atomic mass is 9.89. The molecule has 38 heavy (non-hydrogen) atoms. The summed E-state index contributed by atoms with van der Waals surface area (Å²) in [6, 6.07) is 21.9. The largest absolute Gasteiger partial charge is 0.479 e. The van der Waals surface area contributed by atoms with Gasteiger partial charge in [-0.05, 0) is 59.2 Å². The lowest BCUT2D eigenvalue weighted by Gasteiger charge is -2.27. The van der Waals surface area contributed by atoms with Gasteiger partial charge >= 0.3 is 5.97 Å². The molecule has 0 saturated carbocycles. The van der Waals surface area contributed by atoms with E-state index < -0.39 is 17.5 Å². The third-order valence-electron chi connectivity index (χ3n) is 6.59. The van der Waals surface area contributed by atoms with E-state index in [1.165, 1.54) is 5.56 Å². The van der Waals surface area contributed by atoms with Crippen molar-refractivity contribution in [1.82, 2.24) is 10.1 Å². The Bertz CT molecular complexity index is 1400. The summed E-state index contributed by atoms with van der Waals surface area (Å²) in [6.07, 6.45) is -1.02. The number of carbonyl (C=O) groups is 1. The highest BCUT2D eigenvalue weighted by atomic mass is 16.5. The van der Waals surface area contributed by atoms with Gasteiger partial charge in [-0.25, -0.2) is 4.79 Å². The Hall–Kier alpha value is -3.81.